The van der Waals surface area contributed by atoms with Crippen molar-refractivity contribution in [2.24, 2.45) is 7.05 Å². The Labute approximate surface area is 271 Å². The number of aromatic nitrogens is 2. The van der Waals surface area contributed by atoms with Crippen molar-refractivity contribution in [2.45, 2.75) is 53.0 Å². The molecule has 0 aliphatic carbocycles. The van der Waals surface area contributed by atoms with Crippen LogP contribution in [0.3, 0.4) is 0 Å². The summed E-state index contributed by atoms with van der Waals surface area (Å²) in [5.41, 5.74) is 5.58. The molecule has 4 aromatic rings. The number of amides is 2. The van der Waals surface area contributed by atoms with Crippen molar-refractivity contribution >= 4 is 29.0 Å². The van der Waals surface area contributed by atoms with E-state index in [2.05, 4.69) is 55.1 Å². The Morgan fingerprint density at radius 3 is 2.11 bits per heavy atom. The number of hydrogen-bond acceptors (Lipinski definition) is 6. The zero-order chi connectivity index (χ0) is 33.2. The first-order valence-electron chi connectivity index (χ1n) is 15.8. The van der Waals surface area contributed by atoms with Gasteiger partial charge < -0.3 is 20.1 Å². The average Bonchev–Trinajstić information content (AvgIpc) is 3.04. The lowest BCUT2D eigenvalue weighted by atomic mass is 9.86. The minimum atomic E-state index is -0.284. The van der Waals surface area contributed by atoms with Crippen LogP contribution in [-0.4, -0.2) is 63.4 Å². The lowest BCUT2D eigenvalue weighted by molar-refractivity contribution is 0.0595. The smallest absolute Gasteiger partial charge is 0.293 e. The van der Waals surface area contributed by atoms with Gasteiger partial charge >= 0.3 is 0 Å². The van der Waals surface area contributed by atoms with Crippen LogP contribution in [0.2, 0.25) is 0 Å². The van der Waals surface area contributed by atoms with Crippen LogP contribution >= 0.6 is 0 Å². The molecule has 5 rings (SSSR count). The fourth-order valence-electron chi connectivity index (χ4n) is 5.64. The number of piperazine rings is 1. The highest BCUT2D eigenvalue weighted by Gasteiger charge is 2.23. The normalized spacial score (nSPS) is 14.0. The number of nitrogens with zero attached hydrogens (tertiary/aromatic N) is 4. The molecule has 0 radical (unpaired) electrons. The molecule has 1 aliphatic heterocycles. The SMILES string of the molecule is Cc1c(NC(=O)c2ccc(C(C)(C)C)cc2)cccc1-c1cn(C)c(=O)c(Nc2ccc(C(=O)N3CCN(C(C)C)CC3)cc2)n1. The van der Waals surface area contributed by atoms with Crippen molar-refractivity contribution in [3.8, 4) is 11.3 Å². The number of carbonyl (C=O) groups is 2. The quantitative estimate of drug-likeness (QED) is 0.255. The minimum absolute atomic E-state index is 0.00223. The largest absolute Gasteiger partial charge is 0.336 e. The van der Waals surface area contributed by atoms with Crippen LogP contribution in [0.4, 0.5) is 17.2 Å². The molecule has 2 heterocycles. The second kappa shape index (κ2) is 13.3. The molecule has 0 bridgehead atoms. The number of rotatable bonds is 7. The minimum Gasteiger partial charge on any atom is -0.336 e. The molecule has 0 spiro atoms. The van der Waals surface area contributed by atoms with Crippen LogP contribution in [0, 0.1) is 6.92 Å². The Morgan fingerprint density at radius 1 is 0.870 bits per heavy atom. The van der Waals surface area contributed by atoms with Crippen LogP contribution in [0.5, 0.6) is 0 Å². The molecular weight excluding hydrogens is 576 g/mol. The number of benzene rings is 3. The summed E-state index contributed by atoms with van der Waals surface area (Å²) in [7, 11) is 1.68. The monoisotopic (exact) mass is 620 g/mol. The first-order chi connectivity index (χ1) is 21.8. The number of anilines is 3. The van der Waals surface area contributed by atoms with E-state index in [4.69, 9.17) is 0 Å². The Morgan fingerprint density at radius 2 is 1.50 bits per heavy atom. The standard InChI is InChI=1S/C37H44N6O3/c1-24(2)42-19-21-43(22-20-42)35(45)27-13-17-29(18-14-27)38-33-36(46)41(7)23-32(39-33)30-9-8-10-31(25(30)3)40-34(44)26-11-15-28(16-12-26)37(4,5)6/h8-18,23-24H,19-22H2,1-7H3,(H,38,39)(H,40,44). The van der Waals surface area contributed by atoms with E-state index in [1.165, 1.54) is 4.57 Å². The van der Waals surface area contributed by atoms with Gasteiger partial charge in [-0.25, -0.2) is 4.98 Å². The zero-order valence-electron chi connectivity index (χ0n) is 27.8. The van der Waals surface area contributed by atoms with Crippen molar-refractivity contribution in [1.29, 1.82) is 0 Å². The van der Waals surface area contributed by atoms with Crippen molar-refractivity contribution in [3.63, 3.8) is 0 Å². The van der Waals surface area contributed by atoms with Gasteiger partial charge in [0.25, 0.3) is 17.4 Å². The van der Waals surface area contributed by atoms with Crippen LogP contribution in [0.15, 0.2) is 77.7 Å². The van der Waals surface area contributed by atoms with Gasteiger partial charge in [-0.1, -0.05) is 45.0 Å². The van der Waals surface area contributed by atoms with E-state index in [1.54, 1.807) is 37.5 Å². The molecule has 0 atom stereocenters. The predicted octanol–water partition coefficient (Wildman–Crippen LogP) is 6.22. The Balaban J connectivity index is 1.32. The van der Waals surface area contributed by atoms with Crippen molar-refractivity contribution < 1.29 is 9.59 Å². The number of carbonyl (C=O) groups excluding carboxylic acids is 2. The summed E-state index contributed by atoms with van der Waals surface area (Å²) >= 11 is 0. The van der Waals surface area contributed by atoms with Gasteiger partial charge in [-0.3, -0.25) is 19.3 Å². The molecule has 0 unspecified atom stereocenters. The fraction of sp³-hybridized carbons (Fsp3) is 0.351. The topological polar surface area (TPSA) is 99.6 Å². The average molecular weight is 621 g/mol. The molecule has 1 aliphatic rings. The molecule has 9 nitrogen and oxygen atoms in total. The molecule has 240 valence electrons. The Bertz CT molecular complexity index is 1780. The van der Waals surface area contributed by atoms with Crippen LogP contribution in [0.25, 0.3) is 11.3 Å². The van der Waals surface area contributed by atoms with E-state index in [-0.39, 0.29) is 28.6 Å². The lowest BCUT2D eigenvalue weighted by Gasteiger charge is -2.37. The molecular formula is C37H44N6O3. The Kier molecular flexibility index (Phi) is 9.44. The molecule has 1 fully saturated rings. The first-order valence-corrected chi connectivity index (χ1v) is 15.8. The summed E-state index contributed by atoms with van der Waals surface area (Å²) in [6.07, 6.45) is 1.69. The zero-order valence-corrected chi connectivity index (χ0v) is 27.8. The molecule has 0 saturated carbocycles. The summed E-state index contributed by atoms with van der Waals surface area (Å²) in [5, 5.41) is 6.18. The van der Waals surface area contributed by atoms with Gasteiger partial charge in [0, 0.05) is 73.5 Å². The number of aryl methyl sites for hydroxylation is 1. The van der Waals surface area contributed by atoms with Gasteiger partial charge in [0.05, 0.1) is 5.69 Å². The van der Waals surface area contributed by atoms with Crippen LogP contribution < -0.4 is 16.2 Å². The van der Waals surface area contributed by atoms with Gasteiger partial charge in [-0.15, -0.1) is 0 Å². The Hall–Kier alpha value is -4.76. The molecule has 46 heavy (non-hydrogen) atoms. The van der Waals surface area contributed by atoms with E-state index in [9.17, 15) is 14.4 Å². The third-order valence-electron chi connectivity index (χ3n) is 8.67. The molecule has 3 aromatic carbocycles. The van der Waals surface area contributed by atoms with Crippen LogP contribution in [-0.2, 0) is 12.5 Å². The number of nitrogens with one attached hydrogen (secondary N) is 2. The highest BCUT2D eigenvalue weighted by molar-refractivity contribution is 6.05. The summed E-state index contributed by atoms with van der Waals surface area (Å²) in [6.45, 7) is 15.8. The van der Waals surface area contributed by atoms with Crippen molar-refractivity contribution in [3.05, 3.63) is 106 Å². The maximum absolute atomic E-state index is 13.1. The third-order valence-corrected chi connectivity index (χ3v) is 8.67. The van der Waals surface area contributed by atoms with E-state index >= 15 is 0 Å². The second-order valence-electron chi connectivity index (χ2n) is 13.3. The fourth-order valence-corrected chi connectivity index (χ4v) is 5.64. The van der Waals surface area contributed by atoms with E-state index in [0.717, 1.165) is 29.8 Å². The van der Waals surface area contributed by atoms with Crippen molar-refractivity contribution in [1.82, 2.24) is 19.4 Å². The molecule has 2 amide bonds. The summed E-state index contributed by atoms with van der Waals surface area (Å²) in [4.78, 5) is 48.2. The van der Waals surface area contributed by atoms with Gasteiger partial charge in [0.2, 0.25) is 0 Å². The highest BCUT2D eigenvalue weighted by Crippen LogP contribution is 2.29. The second-order valence-corrected chi connectivity index (χ2v) is 13.3. The van der Waals surface area contributed by atoms with Gasteiger partial charge in [0.15, 0.2) is 5.82 Å². The van der Waals surface area contributed by atoms with Gasteiger partial charge in [-0.2, -0.15) is 0 Å². The molecule has 1 aromatic heterocycles. The highest BCUT2D eigenvalue weighted by atomic mass is 16.2. The summed E-state index contributed by atoms with van der Waals surface area (Å²) < 4.78 is 1.49. The first kappa shape index (κ1) is 32.6. The van der Waals surface area contributed by atoms with E-state index < -0.39 is 0 Å². The lowest BCUT2D eigenvalue weighted by Crippen LogP contribution is -2.50. The van der Waals surface area contributed by atoms with Gasteiger partial charge in [-0.05, 0) is 79.8 Å². The van der Waals surface area contributed by atoms with E-state index in [0.29, 0.717) is 47.3 Å². The van der Waals surface area contributed by atoms with Crippen molar-refractivity contribution in [2.75, 3.05) is 36.8 Å². The van der Waals surface area contributed by atoms with E-state index in [1.807, 2.05) is 54.3 Å². The maximum atomic E-state index is 13.1. The third kappa shape index (κ3) is 7.21. The number of hydrogen-bond donors (Lipinski definition) is 2. The molecule has 1 saturated heterocycles. The van der Waals surface area contributed by atoms with Crippen LogP contribution in [0.1, 0.15) is 66.5 Å². The van der Waals surface area contributed by atoms with Gasteiger partial charge in [0.1, 0.15) is 0 Å². The molecule has 9 heteroatoms. The summed E-state index contributed by atoms with van der Waals surface area (Å²) in [6, 6.07) is 20.9. The predicted molar refractivity (Wildman–Crippen MR) is 185 cm³/mol. The summed E-state index contributed by atoms with van der Waals surface area (Å²) in [5.74, 6) is -0.0248. The maximum Gasteiger partial charge on any atom is 0.293 e. The molecule has 2 N–H and O–H groups in total.